The average molecular weight is 277 g/mol. The number of rotatable bonds is 6. The van der Waals surface area contributed by atoms with Crippen molar-refractivity contribution < 1.29 is 5.21 Å². The molecule has 6 nitrogen and oxygen atoms in total. The zero-order valence-electron chi connectivity index (χ0n) is 11.8. The van der Waals surface area contributed by atoms with Crippen LogP contribution in [0.1, 0.15) is 30.5 Å². The van der Waals surface area contributed by atoms with Crippen molar-refractivity contribution in [3.8, 4) is 0 Å². The summed E-state index contributed by atoms with van der Waals surface area (Å²) in [7, 11) is 0. The van der Waals surface area contributed by atoms with Crippen LogP contribution < -0.4 is 11.1 Å². The maximum Gasteiger partial charge on any atom is 0.189 e. The topological polar surface area (TPSA) is 86.8 Å². The van der Waals surface area contributed by atoms with Gasteiger partial charge in [0.15, 0.2) is 5.84 Å². The number of hydrogen-bond donors (Lipinski definition) is 3. The molecule has 1 aliphatic heterocycles. The Kier molecular flexibility index (Phi) is 5.76. The fraction of sp³-hybridized carbons (Fsp3) is 0.571. The molecule has 1 fully saturated rings. The van der Waals surface area contributed by atoms with E-state index in [1.54, 1.807) is 6.20 Å². The lowest BCUT2D eigenvalue weighted by molar-refractivity contribution is 0.229. The quantitative estimate of drug-likeness (QED) is 0.235. The molecule has 0 aromatic carbocycles. The van der Waals surface area contributed by atoms with Gasteiger partial charge in [-0.15, -0.1) is 0 Å². The van der Waals surface area contributed by atoms with Crippen LogP contribution in [0.3, 0.4) is 0 Å². The maximum atomic E-state index is 8.75. The highest BCUT2D eigenvalue weighted by atomic mass is 16.4. The minimum Gasteiger partial charge on any atom is -0.409 e. The fourth-order valence-corrected chi connectivity index (χ4v) is 2.50. The number of oxime groups is 1. The number of likely N-dealkylation sites (tertiary alicyclic amines) is 1. The third-order valence-electron chi connectivity index (χ3n) is 3.61. The van der Waals surface area contributed by atoms with Gasteiger partial charge in [-0.05, 0) is 37.6 Å². The van der Waals surface area contributed by atoms with Gasteiger partial charge in [0.1, 0.15) is 5.69 Å². The zero-order chi connectivity index (χ0) is 14.2. The molecule has 6 heteroatoms. The molecule has 0 atom stereocenters. The first-order chi connectivity index (χ1) is 9.81. The molecule has 2 heterocycles. The molecule has 1 saturated heterocycles. The number of nitrogens with two attached hydrogens (primary N) is 1. The Balaban J connectivity index is 1.79. The van der Waals surface area contributed by atoms with Gasteiger partial charge in [-0.25, -0.2) is 0 Å². The number of hydrogen-bond acceptors (Lipinski definition) is 5. The highest BCUT2D eigenvalue weighted by Gasteiger charge is 2.10. The van der Waals surface area contributed by atoms with Gasteiger partial charge in [0.25, 0.3) is 0 Å². The molecule has 0 amide bonds. The van der Waals surface area contributed by atoms with Gasteiger partial charge in [0, 0.05) is 25.8 Å². The van der Waals surface area contributed by atoms with Gasteiger partial charge in [0.2, 0.25) is 0 Å². The summed E-state index contributed by atoms with van der Waals surface area (Å²) in [5.41, 5.74) is 7.11. The second-order valence-corrected chi connectivity index (χ2v) is 5.08. The van der Waals surface area contributed by atoms with Crippen molar-refractivity contribution in [1.82, 2.24) is 15.2 Å². The lowest BCUT2D eigenvalue weighted by Crippen LogP contribution is -2.35. The lowest BCUT2D eigenvalue weighted by Gasteiger charge is -2.26. The summed E-state index contributed by atoms with van der Waals surface area (Å²) >= 11 is 0. The van der Waals surface area contributed by atoms with Crippen molar-refractivity contribution >= 4 is 5.84 Å². The molecule has 0 spiro atoms. The minimum atomic E-state index is 0.0541. The van der Waals surface area contributed by atoms with E-state index in [4.69, 9.17) is 10.9 Å². The third kappa shape index (κ3) is 4.18. The first kappa shape index (κ1) is 14.7. The summed E-state index contributed by atoms with van der Waals surface area (Å²) in [5, 5.41) is 15.2. The van der Waals surface area contributed by atoms with Crippen LogP contribution >= 0.6 is 0 Å². The van der Waals surface area contributed by atoms with Gasteiger partial charge in [0.05, 0.1) is 0 Å². The van der Waals surface area contributed by atoms with Gasteiger partial charge in [-0.1, -0.05) is 17.6 Å². The molecule has 0 radical (unpaired) electrons. The van der Waals surface area contributed by atoms with Crippen molar-refractivity contribution in [3.05, 3.63) is 29.6 Å². The van der Waals surface area contributed by atoms with Crippen LogP contribution in [0.4, 0.5) is 0 Å². The van der Waals surface area contributed by atoms with E-state index in [0.717, 1.165) is 18.7 Å². The normalized spacial score (nSPS) is 17.3. The van der Waals surface area contributed by atoms with E-state index in [1.807, 2.05) is 12.1 Å². The monoisotopic (exact) mass is 277 g/mol. The van der Waals surface area contributed by atoms with Crippen LogP contribution in [0.15, 0.2) is 23.5 Å². The summed E-state index contributed by atoms with van der Waals surface area (Å²) in [5.74, 6) is 0.0541. The van der Waals surface area contributed by atoms with Crippen LogP contribution in [0.25, 0.3) is 0 Å². The molecule has 4 N–H and O–H groups in total. The van der Waals surface area contributed by atoms with E-state index in [2.05, 4.69) is 20.4 Å². The minimum absolute atomic E-state index is 0.0541. The summed E-state index contributed by atoms with van der Waals surface area (Å²) in [6, 6.07) is 3.80. The van der Waals surface area contributed by atoms with Gasteiger partial charge < -0.3 is 21.2 Å². The van der Waals surface area contributed by atoms with Crippen LogP contribution in [-0.4, -0.2) is 47.1 Å². The Bertz CT molecular complexity index is 443. The average Bonchev–Trinajstić information content (AvgIpc) is 2.52. The Labute approximate surface area is 119 Å². The molecule has 0 unspecified atom stereocenters. The largest absolute Gasteiger partial charge is 0.409 e. The molecular weight excluding hydrogens is 254 g/mol. The van der Waals surface area contributed by atoms with Crippen molar-refractivity contribution in [1.29, 1.82) is 0 Å². The highest BCUT2D eigenvalue weighted by Crippen LogP contribution is 2.08. The third-order valence-corrected chi connectivity index (χ3v) is 3.61. The molecule has 110 valence electrons. The Morgan fingerprint density at radius 1 is 1.40 bits per heavy atom. The SMILES string of the molecule is NC(=NO)c1ncccc1CNCCN1CCCCC1. The van der Waals surface area contributed by atoms with Crippen molar-refractivity contribution in [2.45, 2.75) is 25.8 Å². The maximum absolute atomic E-state index is 8.75. The predicted molar refractivity (Wildman–Crippen MR) is 78.7 cm³/mol. The van der Waals surface area contributed by atoms with E-state index in [9.17, 15) is 0 Å². The number of aromatic nitrogens is 1. The molecule has 0 bridgehead atoms. The van der Waals surface area contributed by atoms with E-state index < -0.39 is 0 Å². The van der Waals surface area contributed by atoms with Crippen LogP contribution in [0, 0.1) is 0 Å². The number of pyridine rings is 1. The summed E-state index contributed by atoms with van der Waals surface area (Å²) in [6.45, 7) is 5.10. The number of piperidine rings is 1. The first-order valence-electron chi connectivity index (χ1n) is 7.16. The number of nitrogens with one attached hydrogen (secondary N) is 1. The number of nitrogens with zero attached hydrogens (tertiary/aromatic N) is 3. The molecule has 1 aliphatic rings. The molecule has 1 aromatic rings. The predicted octanol–water partition coefficient (Wildman–Crippen LogP) is 0.752. The lowest BCUT2D eigenvalue weighted by atomic mass is 10.1. The fourth-order valence-electron chi connectivity index (χ4n) is 2.50. The zero-order valence-corrected chi connectivity index (χ0v) is 11.8. The molecule has 0 saturated carbocycles. The molecule has 2 rings (SSSR count). The van der Waals surface area contributed by atoms with Crippen molar-refractivity contribution in [2.75, 3.05) is 26.2 Å². The van der Waals surface area contributed by atoms with E-state index >= 15 is 0 Å². The van der Waals surface area contributed by atoms with Gasteiger partial charge in [-0.3, -0.25) is 4.98 Å². The molecule has 20 heavy (non-hydrogen) atoms. The summed E-state index contributed by atoms with van der Waals surface area (Å²) in [4.78, 5) is 6.64. The standard InChI is InChI=1S/C14H23N5O/c15-14(18-20)13-12(5-4-6-17-13)11-16-7-10-19-8-2-1-3-9-19/h4-6,16,20H,1-3,7-11H2,(H2,15,18). The van der Waals surface area contributed by atoms with Crippen LogP contribution in [0.5, 0.6) is 0 Å². The Hall–Kier alpha value is -1.66. The van der Waals surface area contributed by atoms with Gasteiger partial charge in [-0.2, -0.15) is 0 Å². The summed E-state index contributed by atoms with van der Waals surface area (Å²) in [6.07, 6.45) is 5.64. The van der Waals surface area contributed by atoms with E-state index in [-0.39, 0.29) is 5.84 Å². The van der Waals surface area contributed by atoms with Crippen molar-refractivity contribution in [2.24, 2.45) is 10.9 Å². The summed E-state index contributed by atoms with van der Waals surface area (Å²) < 4.78 is 0. The molecule has 0 aliphatic carbocycles. The van der Waals surface area contributed by atoms with E-state index in [0.29, 0.717) is 12.2 Å². The molecular formula is C14H23N5O. The highest BCUT2D eigenvalue weighted by molar-refractivity contribution is 5.96. The second-order valence-electron chi connectivity index (χ2n) is 5.08. The van der Waals surface area contributed by atoms with Crippen LogP contribution in [0.2, 0.25) is 0 Å². The molecule has 1 aromatic heterocycles. The van der Waals surface area contributed by atoms with Gasteiger partial charge >= 0.3 is 0 Å². The second kappa shape index (κ2) is 7.81. The number of amidine groups is 1. The Morgan fingerprint density at radius 3 is 2.95 bits per heavy atom. The van der Waals surface area contributed by atoms with E-state index in [1.165, 1.54) is 32.4 Å². The smallest absolute Gasteiger partial charge is 0.189 e. The van der Waals surface area contributed by atoms with Crippen LogP contribution in [-0.2, 0) is 6.54 Å². The van der Waals surface area contributed by atoms with Crippen molar-refractivity contribution in [3.63, 3.8) is 0 Å². The Morgan fingerprint density at radius 2 is 2.20 bits per heavy atom. The first-order valence-corrected chi connectivity index (χ1v) is 7.16.